The number of aromatic nitrogens is 4. The van der Waals surface area contributed by atoms with Gasteiger partial charge >= 0.3 is 11.4 Å². The number of nitrogens with zero attached hydrogens (tertiary/aromatic N) is 4. The zero-order valence-electron chi connectivity index (χ0n) is 55.0. The summed E-state index contributed by atoms with van der Waals surface area (Å²) in [6.07, 6.45) is -7.78. The number of nitrogens with one attached hydrogen (secondary N) is 1. The van der Waals surface area contributed by atoms with Gasteiger partial charge in [0, 0.05) is 12.4 Å². The second kappa shape index (κ2) is 29.9. The minimum atomic E-state index is -1.45. The Balaban J connectivity index is 0.000000448. The van der Waals surface area contributed by atoms with Crippen LogP contribution in [0.3, 0.4) is 0 Å². The van der Waals surface area contributed by atoms with Gasteiger partial charge < -0.3 is 59.5 Å². The number of hydrogen-bond donors (Lipinski definition) is 5. The molecule has 504 valence electrons. The molecule has 0 radical (unpaired) electrons. The Morgan fingerprint density at radius 3 is 1.17 bits per heavy atom. The van der Waals surface area contributed by atoms with Crippen molar-refractivity contribution >= 4 is 17.4 Å². The molecular formula is C80H76N6O13. The van der Waals surface area contributed by atoms with Crippen molar-refractivity contribution in [1.82, 2.24) is 19.1 Å². The highest BCUT2D eigenvalue weighted by atomic mass is 16.6. The molecule has 4 heterocycles. The number of carbonyl (C=O) groups excluding carboxylic acids is 1. The van der Waals surface area contributed by atoms with Crippen LogP contribution in [0, 0.1) is 0 Å². The Labute approximate surface area is 572 Å². The highest BCUT2D eigenvalue weighted by molar-refractivity contribution is 5.81. The van der Waals surface area contributed by atoms with Crippen LogP contribution in [0.4, 0.5) is 11.6 Å². The quantitative estimate of drug-likeness (QED) is 0.0396. The third-order valence-corrected chi connectivity index (χ3v) is 18.2. The standard InChI is InChI=1S/C70H61N3O8.C10H15N3O5/c1-49(74)63-64(80-69(53-27-15-7-16-28-53,54-29-17-8-18-30-54)57-37-43-60(77-3)44-38-57)65(81-70(55-31-19-9-20-32-55,56-33-21-10-22-34-56)58-39-45-61(78-4)46-40-58)66(79-63)73-48-47-62(71-67(73)75)72-68(50-23-11-5-12-24-50,51-25-13-6-14-26-51)52-35-41-59(76-2)42-36-52;1-4(14)8-6(15)7(16)9(18-8)13-3-2-5(11)12-10(13)17/h5-48,63-66H,1-4H3,(H,71,72,75);2-4,6-9,14-16H,1H3,(H2,11,12,17)/t63-,64-,65+,66-;4-,6-,7-,8+,9+/m10/s1. The van der Waals surface area contributed by atoms with Crippen LogP contribution in [-0.2, 0) is 40.5 Å². The molecule has 2 fully saturated rings. The SMILES string of the molecule is COc1ccc(C(Nc2ccn([C@@H]3O[C@H](C(C)=O)[C@@H](OC(c4ccccc4)(c4ccccc4)c4ccc(OC)cc4)[C@@H]3OC(c3ccccc3)(c3ccccc3)c3ccc(OC)cc3)c(=O)n2)(c2ccccc2)c2ccccc2)cc1.C[C@H](O)[C@H]1O[C@@H](n2ccc(N)nc2=O)[C@@H](O)[C@@H]1O. The average molecular weight is 1330 g/mol. The third kappa shape index (κ3) is 13.5. The van der Waals surface area contributed by atoms with Crippen LogP contribution in [0.2, 0.25) is 0 Å². The number of nitrogen functional groups attached to an aromatic ring is 1. The average Bonchev–Trinajstić information content (AvgIpc) is 1.72. The van der Waals surface area contributed by atoms with Crippen LogP contribution in [0.15, 0.2) is 289 Å². The maximum atomic E-state index is 15.5. The molecule has 19 heteroatoms. The maximum Gasteiger partial charge on any atom is 0.351 e. The van der Waals surface area contributed by atoms with Gasteiger partial charge in [-0.25, -0.2) is 9.59 Å². The fourth-order valence-electron chi connectivity index (χ4n) is 13.3. The number of carbonyl (C=O) groups is 1. The number of aliphatic hydroxyl groups is 3. The summed E-state index contributed by atoms with van der Waals surface area (Å²) in [5.41, 5.74) is 7.26. The van der Waals surface area contributed by atoms with Gasteiger partial charge in [-0.05, 0) is 112 Å². The largest absolute Gasteiger partial charge is 0.497 e. The van der Waals surface area contributed by atoms with Crippen LogP contribution in [0.25, 0.3) is 0 Å². The van der Waals surface area contributed by atoms with Crippen molar-refractivity contribution in [2.75, 3.05) is 32.4 Å². The minimum Gasteiger partial charge on any atom is -0.497 e. The number of ketones is 1. The van der Waals surface area contributed by atoms with Crippen molar-refractivity contribution in [2.24, 2.45) is 0 Å². The van der Waals surface area contributed by atoms with Crippen LogP contribution in [0.5, 0.6) is 17.2 Å². The number of nitrogens with two attached hydrogens (primary N) is 1. The number of anilines is 2. The molecule has 0 aliphatic carbocycles. The number of Topliss-reactive ketones (excluding diaryl/α,β-unsaturated/α-hetero) is 1. The van der Waals surface area contributed by atoms with Crippen LogP contribution in [-0.4, -0.2) is 104 Å². The molecule has 13 rings (SSSR count). The number of ether oxygens (including phenoxy) is 7. The van der Waals surface area contributed by atoms with Gasteiger partial charge in [0.15, 0.2) is 18.2 Å². The lowest BCUT2D eigenvalue weighted by Crippen LogP contribution is -2.50. The van der Waals surface area contributed by atoms with Crippen molar-refractivity contribution in [1.29, 1.82) is 0 Å². The zero-order valence-corrected chi connectivity index (χ0v) is 55.0. The molecule has 0 amide bonds. The van der Waals surface area contributed by atoms with Gasteiger partial charge in [-0.3, -0.25) is 13.9 Å². The van der Waals surface area contributed by atoms with E-state index in [0.29, 0.717) is 17.2 Å². The first-order valence-corrected chi connectivity index (χ1v) is 32.3. The second-order valence-corrected chi connectivity index (χ2v) is 24.1. The molecule has 2 aliphatic heterocycles. The molecule has 9 aromatic carbocycles. The van der Waals surface area contributed by atoms with E-state index in [-0.39, 0.29) is 17.4 Å². The summed E-state index contributed by atoms with van der Waals surface area (Å²) in [5.74, 6) is 1.97. The summed E-state index contributed by atoms with van der Waals surface area (Å²) in [7, 11) is 4.89. The molecule has 9 atom stereocenters. The summed E-state index contributed by atoms with van der Waals surface area (Å²) in [4.78, 5) is 50.2. The molecule has 19 nitrogen and oxygen atoms in total. The first kappa shape index (κ1) is 68.1. The predicted molar refractivity (Wildman–Crippen MR) is 374 cm³/mol. The lowest BCUT2D eigenvalue weighted by Gasteiger charge is -2.43. The van der Waals surface area contributed by atoms with Gasteiger partial charge in [0.1, 0.15) is 82.2 Å². The Kier molecular flexibility index (Phi) is 20.5. The second-order valence-electron chi connectivity index (χ2n) is 24.1. The van der Waals surface area contributed by atoms with Gasteiger partial charge in [-0.2, -0.15) is 9.97 Å². The fraction of sp³-hybridized carbons (Fsp3) is 0.212. The minimum absolute atomic E-state index is 0.0522. The van der Waals surface area contributed by atoms with Crippen molar-refractivity contribution in [3.05, 3.63) is 350 Å². The summed E-state index contributed by atoms with van der Waals surface area (Å²) >= 11 is 0. The molecule has 2 aliphatic rings. The van der Waals surface area contributed by atoms with Gasteiger partial charge in [-0.1, -0.05) is 218 Å². The van der Waals surface area contributed by atoms with Crippen LogP contribution in [0.1, 0.15) is 76.4 Å². The van der Waals surface area contributed by atoms with E-state index in [4.69, 9.17) is 43.9 Å². The molecule has 99 heavy (non-hydrogen) atoms. The first-order chi connectivity index (χ1) is 48.1. The third-order valence-electron chi connectivity index (χ3n) is 18.2. The van der Waals surface area contributed by atoms with Crippen molar-refractivity contribution in [3.8, 4) is 17.2 Å². The Bertz CT molecular complexity index is 4460. The number of methoxy groups -OCH3 is 3. The molecular weight excluding hydrogens is 1250 g/mol. The fourth-order valence-corrected chi connectivity index (χ4v) is 13.3. The van der Waals surface area contributed by atoms with E-state index in [1.54, 1.807) is 33.6 Å². The number of hydrogen-bond acceptors (Lipinski definition) is 17. The van der Waals surface area contributed by atoms with Crippen molar-refractivity contribution in [2.45, 2.75) is 85.8 Å². The normalized spacial score (nSPS) is 19.4. The number of aliphatic hydroxyl groups excluding tert-OH is 3. The highest BCUT2D eigenvalue weighted by Crippen LogP contribution is 2.51. The lowest BCUT2D eigenvalue weighted by atomic mass is 9.77. The Morgan fingerprint density at radius 2 is 0.808 bits per heavy atom. The molecule has 0 bridgehead atoms. The van der Waals surface area contributed by atoms with Gasteiger partial charge in [0.25, 0.3) is 0 Å². The molecule has 0 saturated carbocycles. The van der Waals surface area contributed by atoms with E-state index in [0.717, 1.165) is 54.6 Å². The first-order valence-electron chi connectivity index (χ1n) is 32.3. The molecule has 11 aromatic rings. The van der Waals surface area contributed by atoms with Gasteiger partial charge in [0.05, 0.1) is 27.4 Å². The maximum absolute atomic E-state index is 15.5. The van der Waals surface area contributed by atoms with E-state index >= 15 is 4.79 Å². The van der Waals surface area contributed by atoms with E-state index in [2.05, 4.69) is 10.3 Å². The summed E-state index contributed by atoms with van der Waals surface area (Å²) in [6.45, 7) is 2.90. The lowest BCUT2D eigenvalue weighted by molar-refractivity contribution is -0.157. The van der Waals surface area contributed by atoms with Crippen molar-refractivity contribution < 1.29 is 53.3 Å². The van der Waals surface area contributed by atoms with E-state index in [9.17, 15) is 24.9 Å². The smallest absolute Gasteiger partial charge is 0.351 e. The Hall–Kier alpha value is -10.9. The van der Waals surface area contributed by atoms with Crippen LogP contribution >= 0.6 is 0 Å². The number of benzene rings is 9. The highest BCUT2D eigenvalue weighted by Gasteiger charge is 2.57. The number of rotatable bonds is 22. The summed E-state index contributed by atoms with van der Waals surface area (Å²) in [5, 5.41) is 32.7. The molecule has 2 saturated heterocycles. The molecule has 0 spiro atoms. The van der Waals surface area contributed by atoms with Crippen molar-refractivity contribution in [3.63, 3.8) is 0 Å². The molecule has 2 aromatic heterocycles. The monoisotopic (exact) mass is 1330 g/mol. The summed E-state index contributed by atoms with van der Waals surface area (Å²) in [6, 6.07) is 86.1. The van der Waals surface area contributed by atoms with Crippen LogP contribution < -0.4 is 36.6 Å². The molecule has 6 N–H and O–H groups in total. The molecule has 0 unspecified atom stereocenters. The van der Waals surface area contributed by atoms with E-state index in [1.807, 2.05) is 255 Å². The Morgan fingerprint density at radius 1 is 0.465 bits per heavy atom. The summed E-state index contributed by atoms with van der Waals surface area (Å²) < 4.78 is 47.9. The predicted octanol–water partition coefficient (Wildman–Crippen LogP) is 10.7. The van der Waals surface area contributed by atoms with Gasteiger partial charge in [0.2, 0.25) is 0 Å². The van der Waals surface area contributed by atoms with E-state index in [1.165, 1.54) is 30.7 Å². The van der Waals surface area contributed by atoms with Gasteiger partial charge in [-0.15, -0.1) is 0 Å². The topological polar surface area (TPSA) is 250 Å². The van der Waals surface area contributed by atoms with E-state index < -0.39 is 83.3 Å². The zero-order chi connectivity index (χ0) is 69.3.